The minimum absolute atomic E-state index is 0.531. The molecule has 3 nitrogen and oxygen atoms in total. The van der Waals surface area contributed by atoms with Gasteiger partial charge in [0.2, 0.25) is 5.15 Å². The summed E-state index contributed by atoms with van der Waals surface area (Å²) in [6.07, 6.45) is 4.57. The van der Waals surface area contributed by atoms with Crippen molar-refractivity contribution in [3.05, 3.63) is 27.4 Å². The van der Waals surface area contributed by atoms with Crippen LogP contribution >= 0.6 is 11.6 Å². The molecule has 0 unspecified atom stereocenters. The van der Waals surface area contributed by atoms with Gasteiger partial charge in [0.05, 0.1) is 12.0 Å². The van der Waals surface area contributed by atoms with E-state index in [2.05, 4.69) is 4.98 Å². The normalized spacial score (nSPS) is 15.3. The van der Waals surface area contributed by atoms with E-state index in [1.807, 2.05) is 6.92 Å². The number of rotatable bonds is 1. The highest BCUT2D eigenvalue weighted by atomic mass is 35.5. The van der Waals surface area contributed by atoms with Gasteiger partial charge in [-0.25, -0.2) is 4.73 Å². The van der Waals surface area contributed by atoms with Gasteiger partial charge in [-0.1, -0.05) is 6.92 Å². The van der Waals surface area contributed by atoms with Crippen LogP contribution in [-0.4, -0.2) is 4.98 Å². The molecule has 76 valence electrons. The first-order valence-electron chi connectivity index (χ1n) is 5.03. The van der Waals surface area contributed by atoms with E-state index in [1.165, 1.54) is 0 Å². The topological polar surface area (TPSA) is 39.8 Å². The SMILES string of the molecule is CCc1nc(Cl)c2c([n+]1[O-])CCCC2. The van der Waals surface area contributed by atoms with E-state index in [9.17, 15) is 5.21 Å². The largest absolute Gasteiger partial charge is 0.711 e. The molecule has 1 aromatic heterocycles. The standard InChI is InChI=1S/C10H13ClN2O/c1-2-9-12-10(11)7-5-3-4-6-8(7)13(9)14/h2-6H2,1H3. The lowest BCUT2D eigenvalue weighted by Gasteiger charge is -2.19. The average Bonchev–Trinajstić information content (AvgIpc) is 2.23. The van der Waals surface area contributed by atoms with E-state index in [0.717, 1.165) is 41.7 Å². The van der Waals surface area contributed by atoms with Crippen molar-refractivity contribution in [2.45, 2.75) is 39.0 Å². The van der Waals surface area contributed by atoms with Crippen LogP contribution in [0.25, 0.3) is 0 Å². The highest BCUT2D eigenvalue weighted by Crippen LogP contribution is 2.24. The van der Waals surface area contributed by atoms with Gasteiger partial charge in [0.15, 0.2) is 0 Å². The summed E-state index contributed by atoms with van der Waals surface area (Å²) >= 11 is 6.03. The van der Waals surface area contributed by atoms with Crippen molar-refractivity contribution in [1.29, 1.82) is 0 Å². The van der Waals surface area contributed by atoms with Crippen LogP contribution in [0.15, 0.2) is 0 Å². The molecule has 0 bridgehead atoms. The van der Waals surface area contributed by atoms with Gasteiger partial charge in [0.25, 0.3) is 0 Å². The summed E-state index contributed by atoms with van der Waals surface area (Å²) in [6.45, 7) is 1.92. The molecule has 0 amide bonds. The van der Waals surface area contributed by atoms with Gasteiger partial charge in [-0.2, -0.15) is 0 Å². The summed E-state index contributed by atoms with van der Waals surface area (Å²) in [6, 6.07) is 0. The van der Waals surface area contributed by atoms with Crippen LogP contribution in [0.3, 0.4) is 0 Å². The fourth-order valence-corrected chi connectivity index (χ4v) is 2.24. The van der Waals surface area contributed by atoms with Crippen LogP contribution < -0.4 is 4.73 Å². The molecular weight excluding hydrogens is 200 g/mol. The molecule has 0 saturated heterocycles. The molecule has 2 rings (SSSR count). The fourth-order valence-electron chi connectivity index (χ4n) is 1.94. The first-order chi connectivity index (χ1) is 6.74. The third-order valence-electron chi connectivity index (χ3n) is 2.71. The molecule has 0 aliphatic heterocycles. The number of aromatic nitrogens is 2. The van der Waals surface area contributed by atoms with Gasteiger partial charge >= 0.3 is 5.82 Å². The van der Waals surface area contributed by atoms with Crippen LogP contribution in [0.4, 0.5) is 0 Å². The maximum Gasteiger partial charge on any atom is 0.303 e. The number of hydrogen-bond acceptors (Lipinski definition) is 2. The van der Waals surface area contributed by atoms with Crippen LogP contribution in [0.1, 0.15) is 36.8 Å². The van der Waals surface area contributed by atoms with E-state index in [-0.39, 0.29) is 0 Å². The molecule has 0 radical (unpaired) electrons. The number of fused-ring (bicyclic) bond motifs is 1. The van der Waals surface area contributed by atoms with Crippen LogP contribution in [0.2, 0.25) is 5.15 Å². The van der Waals surface area contributed by atoms with Crippen molar-refractivity contribution in [3.63, 3.8) is 0 Å². The summed E-state index contributed by atoms with van der Waals surface area (Å²) in [5.74, 6) is 0.538. The lowest BCUT2D eigenvalue weighted by atomic mass is 9.97. The van der Waals surface area contributed by atoms with Crippen molar-refractivity contribution < 1.29 is 4.73 Å². The molecule has 1 aromatic rings. The van der Waals surface area contributed by atoms with E-state index in [1.54, 1.807) is 0 Å². The molecule has 0 spiro atoms. The number of halogens is 1. The van der Waals surface area contributed by atoms with Crippen molar-refractivity contribution in [1.82, 2.24) is 4.98 Å². The zero-order valence-corrected chi connectivity index (χ0v) is 8.97. The minimum atomic E-state index is 0.531. The Morgan fingerprint density at radius 1 is 1.43 bits per heavy atom. The van der Waals surface area contributed by atoms with Gasteiger partial charge in [-0.05, 0) is 35.8 Å². The Labute approximate surface area is 88.3 Å². The fraction of sp³-hybridized carbons (Fsp3) is 0.600. The van der Waals surface area contributed by atoms with Gasteiger partial charge in [0.1, 0.15) is 5.69 Å². The quantitative estimate of drug-likeness (QED) is 0.405. The summed E-state index contributed by atoms with van der Waals surface area (Å²) in [7, 11) is 0. The third kappa shape index (κ3) is 1.46. The highest BCUT2D eigenvalue weighted by molar-refractivity contribution is 6.30. The van der Waals surface area contributed by atoms with E-state index < -0.39 is 0 Å². The Bertz CT molecular complexity index is 366. The van der Waals surface area contributed by atoms with Crippen molar-refractivity contribution in [2.75, 3.05) is 0 Å². The molecule has 1 aliphatic carbocycles. The zero-order valence-electron chi connectivity index (χ0n) is 8.22. The maximum atomic E-state index is 11.8. The van der Waals surface area contributed by atoms with Crippen molar-refractivity contribution in [2.24, 2.45) is 0 Å². The van der Waals surface area contributed by atoms with Crippen LogP contribution in [0, 0.1) is 5.21 Å². The lowest BCUT2D eigenvalue weighted by Crippen LogP contribution is -2.40. The second-order valence-electron chi connectivity index (χ2n) is 3.60. The average molecular weight is 213 g/mol. The van der Waals surface area contributed by atoms with Crippen molar-refractivity contribution in [3.8, 4) is 0 Å². The Hall–Kier alpha value is -0.830. The van der Waals surface area contributed by atoms with Gasteiger partial charge in [0, 0.05) is 6.42 Å². The first-order valence-corrected chi connectivity index (χ1v) is 5.41. The predicted molar refractivity (Wildman–Crippen MR) is 54.2 cm³/mol. The Balaban J connectivity index is 2.58. The smallest absolute Gasteiger partial charge is 0.303 e. The molecule has 1 heterocycles. The third-order valence-corrected chi connectivity index (χ3v) is 3.02. The highest BCUT2D eigenvalue weighted by Gasteiger charge is 2.23. The Morgan fingerprint density at radius 3 is 2.86 bits per heavy atom. The Morgan fingerprint density at radius 2 is 2.14 bits per heavy atom. The van der Waals surface area contributed by atoms with Gasteiger partial charge < -0.3 is 5.21 Å². The second-order valence-corrected chi connectivity index (χ2v) is 3.96. The van der Waals surface area contributed by atoms with Crippen molar-refractivity contribution >= 4 is 11.6 Å². The lowest BCUT2D eigenvalue weighted by molar-refractivity contribution is -0.626. The van der Waals surface area contributed by atoms with Crippen LogP contribution in [0.5, 0.6) is 0 Å². The minimum Gasteiger partial charge on any atom is -0.711 e. The van der Waals surface area contributed by atoms with Gasteiger partial charge in [-0.15, -0.1) is 0 Å². The van der Waals surface area contributed by atoms with Gasteiger partial charge in [-0.3, -0.25) is 0 Å². The Kier molecular flexibility index (Phi) is 2.59. The summed E-state index contributed by atoms with van der Waals surface area (Å²) in [5, 5.41) is 12.3. The zero-order chi connectivity index (χ0) is 10.1. The molecule has 0 aromatic carbocycles. The summed E-state index contributed by atoms with van der Waals surface area (Å²) < 4.78 is 0.973. The summed E-state index contributed by atoms with van der Waals surface area (Å²) in [4.78, 5) is 4.12. The molecule has 4 heteroatoms. The number of nitrogens with zero attached hydrogens (tertiary/aromatic N) is 2. The monoisotopic (exact) mass is 212 g/mol. The molecule has 0 atom stereocenters. The van der Waals surface area contributed by atoms with E-state index in [4.69, 9.17) is 11.6 Å². The first kappa shape index (κ1) is 9.71. The maximum absolute atomic E-state index is 11.8. The molecule has 14 heavy (non-hydrogen) atoms. The molecule has 1 aliphatic rings. The van der Waals surface area contributed by atoms with Crippen LogP contribution in [-0.2, 0) is 19.3 Å². The number of hydrogen-bond donors (Lipinski definition) is 0. The van der Waals surface area contributed by atoms with E-state index in [0.29, 0.717) is 17.4 Å². The summed E-state index contributed by atoms with van der Waals surface area (Å²) in [5.41, 5.74) is 1.80. The van der Waals surface area contributed by atoms with E-state index >= 15 is 0 Å². The molecule has 0 fully saturated rings. The molecule has 0 saturated carbocycles. The molecule has 0 N–H and O–H groups in total. The number of aryl methyl sites for hydroxylation is 1. The predicted octanol–water partition coefficient (Wildman–Crippen LogP) is 1.81. The molecular formula is C10H13ClN2O. The second kappa shape index (κ2) is 3.73.